The third-order valence-corrected chi connectivity index (χ3v) is 5.82. The Balaban J connectivity index is 1.49. The van der Waals surface area contributed by atoms with E-state index in [1.165, 1.54) is 0 Å². The first-order valence-corrected chi connectivity index (χ1v) is 10.1. The molecule has 2 aliphatic rings. The van der Waals surface area contributed by atoms with Crippen LogP contribution >= 0.6 is 15.9 Å². The van der Waals surface area contributed by atoms with E-state index in [1.807, 2.05) is 0 Å². The first-order chi connectivity index (χ1) is 14.0. The molecule has 2 aliphatic heterocycles. The van der Waals surface area contributed by atoms with Gasteiger partial charge in [-0.15, -0.1) is 0 Å². The number of rotatable bonds is 3. The number of carbonyl (C=O) groups is 3. The van der Waals surface area contributed by atoms with Crippen molar-refractivity contribution >= 4 is 39.3 Å². The number of amides is 3. The lowest BCUT2D eigenvalue weighted by Crippen LogP contribution is -2.55. The molecule has 4 rings (SSSR count). The molecule has 2 heterocycles. The van der Waals surface area contributed by atoms with E-state index >= 15 is 0 Å². The monoisotopic (exact) mass is 457 g/mol. The van der Waals surface area contributed by atoms with Crippen LogP contribution in [0.1, 0.15) is 33.6 Å². The summed E-state index contributed by atoms with van der Waals surface area (Å²) in [5.41, 5.74) is 1.50. The number of carbonyl (C=O) groups excluding carboxylic acids is 3. The van der Waals surface area contributed by atoms with Gasteiger partial charge < -0.3 is 20.3 Å². The zero-order valence-electron chi connectivity index (χ0n) is 15.8. The first kappa shape index (κ1) is 19.4. The van der Waals surface area contributed by atoms with Crippen molar-refractivity contribution < 1.29 is 19.1 Å². The van der Waals surface area contributed by atoms with Crippen molar-refractivity contribution in [3.05, 3.63) is 58.1 Å². The van der Waals surface area contributed by atoms with Crippen LogP contribution in [0.25, 0.3) is 0 Å². The number of piperidine rings is 1. The van der Waals surface area contributed by atoms with Gasteiger partial charge in [0, 0.05) is 22.6 Å². The van der Waals surface area contributed by atoms with Crippen molar-refractivity contribution in [3.8, 4) is 5.75 Å². The van der Waals surface area contributed by atoms with E-state index < -0.39 is 6.04 Å². The number of ether oxygens (including phenoxy) is 1. The molecule has 0 radical (unpaired) electrons. The van der Waals surface area contributed by atoms with E-state index in [1.54, 1.807) is 54.5 Å². The third kappa shape index (κ3) is 3.85. The fraction of sp³-hybridized carbons (Fsp3) is 0.286. The Hall–Kier alpha value is -2.87. The molecule has 0 bridgehead atoms. The maximum absolute atomic E-state index is 13.0. The van der Waals surface area contributed by atoms with Gasteiger partial charge in [-0.25, -0.2) is 0 Å². The number of hydrogen-bond donors (Lipinski definition) is 2. The van der Waals surface area contributed by atoms with Gasteiger partial charge in [-0.05, 0) is 55.3 Å². The van der Waals surface area contributed by atoms with Gasteiger partial charge in [-0.1, -0.05) is 15.9 Å². The Labute approximate surface area is 176 Å². The lowest BCUT2D eigenvalue weighted by molar-refractivity contribution is -0.121. The molecule has 29 heavy (non-hydrogen) atoms. The lowest BCUT2D eigenvalue weighted by atomic mass is 9.95. The van der Waals surface area contributed by atoms with E-state index in [4.69, 9.17) is 4.74 Å². The highest BCUT2D eigenvalue weighted by atomic mass is 79.9. The zero-order chi connectivity index (χ0) is 20.5. The summed E-state index contributed by atoms with van der Waals surface area (Å²) in [6.45, 7) is 0.399. The van der Waals surface area contributed by atoms with Gasteiger partial charge in [-0.2, -0.15) is 0 Å². The number of nitrogens with zero attached hydrogens (tertiary/aromatic N) is 1. The van der Waals surface area contributed by atoms with E-state index in [0.717, 1.165) is 4.47 Å². The molecular weight excluding hydrogens is 438 g/mol. The Kier molecular flexibility index (Phi) is 5.27. The van der Waals surface area contributed by atoms with Gasteiger partial charge in [0.05, 0.1) is 18.4 Å². The van der Waals surface area contributed by atoms with Gasteiger partial charge in [-0.3, -0.25) is 14.4 Å². The SMILES string of the molecule is COc1ccc(C(=O)N[C@H]2CCN3C(=O)c4cc(Br)ccc4NC(=O)[C@@H]3C2)cc1. The molecule has 0 aromatic heterocycles. The summed E-state index contributed by atoms with van der Waals surface area (Å²) in [6, 6.07) is 11.2. The standard InChI is InChI=1S/C21H20BrN3O4/c1-29-15-5-2-12(3-6-15)19(26)23-14-8-9-25-18(11-14)20(27)24-17-7-4-13(22)10-16(17)21(25)28/h2-7,10,14,18H,8-9,11H2,1H3,(H,23,26)(H,24,27)/t14-,18-/m0/s1. The molecule has 0 aliphatic carbocycles. The van der Waals surface area contributed by atoms with Crippen LogP contribution in [0, 0.1) is 0 Å². The second-order valence-corrected chi connectivity index (χ2v) is 8.03. The van der Waals surface area contributed by atoms with Crippen LogP contribution < -0.4 is 15.4 Å². The van der Waals surface area contributed by atoms with E-state index in [2.05, 4.69) is 26.6 Å². The minimum Gasteiger partial charge on any atom is -0.497 e. The number of benzene rings is 2. The quantitative estimate of drug-likeness (QED) is 0.741. The number of halogens is 1. The highest BCUT2D eigenvalue weighted by Crippen LogP contribution is 2.30. The molecule has 0 saturated carbocycles. The predicted molar refractivity (Wildman–Crippen MR) is 111 cm³/mol. The molecule has 1 fully saturated rings. The Morgan fingerprint density at radius 2 is 1.97 bits per heavy atom. The molecule has 0 unspecified atom stereocenters. The van der Waals surface area contributed by atoms with Crippen LogP contribution in [0.5, 0.6) is 5.75 Å². The molecule has 1 saturated heterocycles. The number of nitrogens with one attached hydrogen (secondary N) is 2. The molecule has 2 N–H and O–H groups in total. The second-order valence-electron chi connectivity index (χ2n) is 7.12. The maximum Gasteiger partial charge on any atom is 0.256 e. The minimum absolute atomic E-state index is 0.176. The molecule has 2 aromatic rings. The summed E-state index contributed by atoms with van der Waals surface area (Å²) in [4.78, 5) is 39.9. The molecule has 150 valence electrons. The highest BCUT2D eigenvalue weighted by Gasteiger charge is 2.40. The highest BCUT2D eigenvalue weighted by molar-refractivity contribution is 9.10. The van der Waals surface area contributed by atoms with E-state index in [9.17, 15) is 14.4 Å². The van der Waals surface area contributed by atoms with Gasteiger partial charge >= 0.3 is 0 Å². The van der Waals surface area contributed by atoms with E-state index in [-0.39, 0.29) is 23.8 Å². The smallest absolute Gasteiger partial charge is 0.256 e. The van der Waals surface area contributed by atoms with Gasteiger partial charge in [0.2, 0.25) is 5.91 Å². The van der Waals surface area contributed by atoms with Crippen molar-refractivity contribution in [2.45, 2.75) is 24.9 Å². The van der Waals surface area contributed by atoms with E-state index in [0.29, 0.717) is 42.0 Å². The topological polar surface area (TPSA) is 87.7 Å². The van der Waals surface area contributed by atoms with Crippen molar-refractivity contribution in [2.24, 2.45) is 0 Å². The number of fused-ring (bicyclic) bond motifs is 2. The molecule has 3 amide bonds. The summed E-state index contributed by atoms with van der Waals surface area (Å²) in [7, 11) is 1.57. The van der Waals surface area contributed by atoms with Crippen LogP contribution in [0.3, 0.4) is 0 Å². The van der Waals surface area contributed by atoms with Crippen molar-refractivity contribution in [2.75, 3.05) is 19.0 Å². The Morgan fingerprint density at radius 3 is 2.69 bits per heavy atom. The molecule has 8 heteroatoms. The van der Waals surface area contributed by atoms with Crippen LogP contribution in [0.2, 0.25) is 0 Å². The fourth-order valence-electron chi connectivity index (χ4n) is 3.77. The molecular formula is C21H20BrN3O4. The van der Waals surface area contributed by atoms with Crippen LogP contribution in [0.4, 0.5) is 5.69 Å². The lowest BCUT2D eigenvalue weighted by Gasteiger charge is -2.37. The Bertz CT molecular complexity index is 976. The van der Waals surface area contributed by atoms with Crippen molar-refractivity contribution in [1.82, 2.24) is 10.2 Å². The summed E-state index contributed by atoms with van der Waals surface area (Å²) in [5.74, 6) is 0.0563. The van der Waals surface area contributed by atoms with Crippen LogP contribution in [0.15, 0.2) is 46.9 Å². The van der Waals surface area contributed by atoms with Gasteiger partial charge in [0.15, 0.2) is 0 Å². The Morgan fingerprint density at radius 1 is 1.21 bits per heavy atom. The summed E-state index contributed by atoms with van der Waals surface area (Å²) < 4.78 is 5.89. The summed E-state index contributed by atoms with van der Waals surface area (Å²) in [5, 5.41) is 5.84. The average molecular weight is 458 g/mol. The summed E-state index contributed by atoms with van der Waals surface area (Å²) in [6.07, 6.45) is 0.954. The normalized spacial score (nSPS) is 20.8. The minimum atomic E-state index is -0.622. The molecule has 0 spiro atoms. The molecule has 2 aromatic carbocycles. The average Bonchev–Trinajstić information content (AvgIpc) is 2.83. The number of methoxy groups -OCH3 is 1. The van der Waals surface area contributed by atoms with Crippen LogP contribution in [-0.2, 0) is 4.79 Å². The zero-order valence-corrected chi connectivity index (χ0v) is 17.4. The molecule has 7 nitrogen and oxygen atoms in total. The van der Waals surface area contributed by atoms with Gasteiger partial charge in [0.1, 0.15) is 11.8 Å². The fourth-order valence-corrected chi connectivity index (χ4v) is 4.13. The van der Waals surface area contributed by atoms with Gasteiger partial charge in [0.25, 0.3) is 11.8 Å². The van der Waals surface area contributed by atoms with Crippen molar-refractivity contribution in [3.63, 3.8) is 0 Å². The predicted octanol–water partition coefficient (Wildman–Crippen LogP) is 2.81. The first-order valence-electron chi connectivity index (χ1n) is 9.32. The third-order valence-electron chi connectivity index (χ3n) is 5.32. The molecule has 2 atom stereocenters. The van der Waals surface area contributed by atoms with Crippen LogP contribution in [-0.4, -0.2) is 48.4 Å². The summed E-state index contributed by atoms with van der Waals surface area (Å²) >= 11 is 3.38. The largest absolute Gasteiger partial charge is 0.497 e. The maximum atomic E-state index is 13.0. The van der Waals surface area contributed by atoms with Crippen molar-refractivity contribution in [1.29, 1.82) is 0 Å². The number of anilines is 1. The number of hydrogen-bond acceptors (Lipinski definition) is 4. The second kappa shape index (κ2) is 7.87.